The third-order valence-electron chi connectivity index (χ3n) is 8.98. The molecule has 4 aliphatic rings. The molecule has 1 spiro atoms. The number of hydrogen-bond acceptors (Lipinski definition) is 6. The molecule has 1 aromatic carbocycles. The van der Waals surface area contributed by atoms with Gasteiger partial charge in [0.15, 0.2) is 5.82 Å². The van der Waals surface area contributed by atoms with E-state index in [1.54, 1.807) is 0 Å². The molecule has 8 heteroatoms. The minimum atomic E-state index is -0.282. The monoisotopic (exact) mass is 535 g/mol. The van der Waals surface area contributed by atoms with Gasteiger partial charge in [-0.05, 0) is 70.0 Å². The highest BCUT2D eigenvalue weighted by atomic mass is 35.5. The van der Waals surface area contributed by atoms with Crippen LogP contribution >= 0.6 is 22.9 Å². The summed E-state index contributed by atoms with van der Waals surface area (Å²) in [5.74, 6) is 2.53. The number of ether oxygens (including phenoxy) is 1. The minimum absolute atomic E-state index is 0.282. The van der Waals surface area contributed by atoms with Crippen LogP contribution in [-0.4, -0.2) is 58.2 Å². The van der Waals surface area contributed by atoms with Crippen molar-refractivity contribution in [3.8, 4) is 5.00 Å². The number of fused-ring (bicyclic) bond motifs is 6. The summed E-state index contributed by atoms with van der Waals surface area (Å²) in [5.41, 5.74) is 4.51. The van der Waals surface area contributed by atoms with Gasteiger partial charge in [-0.3, -0.25) is 9.56 Å². The second-order valence-corrected chi connectivity index (χ2v) is 12.9. The van der Waals surface area contributed by atoms with E-state index >= 15 is 0 Å². The van der Waals surface area contributed by atoms with E-state index in [0.717, 1.165) is 60.2 Å². The predicted octanol–water partition coefficient (Wildman–Crippen LogP) is 5.73. The molecule has 0 amide bonds. The first-order valence-corrected chi connectivity index (χ1v) is 14.8. The standard InChI is InChI=1S/C29H34ClN5OS/c1-17-32-33-28-29(12-13-29)31-26(19-8-4-5-9-21(19)30)25-20-14-18(15-24(20)37-27(25)35(17)28)16-34(2)22-10-6-7-11-23(22)36-3/h4-5,8-9,18,22-23H,6-7,10-16H2,1-3H3/t18-,22+,23+/m0/s1. The van der Waals surface area contributed by atoms with Gasteiger partial charge in [-0.1, -0.05) is 42.6 Å². The second kappa shape index (κ2) is 9.01. The van der Waals surface area contributed by atoms with E-state index in [0.29, 0.717) is 18.1 Å². The highest BCUT2D eigenvalue weighted by Gasteiger charge is 2.52. The van der Waals surface area contributed by atoms with Gasteiger partial charge in [-0.2, -0.15) is 0 Å². The molecule has 3 aromatic rings. The number of thiophene rings is 1. The molecule has 0 radical (unpaired) electrons. The molecule has 3 aliphatic carbocycles. The Morgan fingerprint density at radius 2 is 1.97 bits per heavy atom. The van der Waals surface area contributed by atoms with E-state index in [4.69, 9.17) is 21.3 Å². The molecule has 0 saturated heterocycles. The number of aromatic nitrogens is 3. The molecule has 2 fully saturated rings. The predicted molar refractivity (Wildman–Crippen MR) is 149 cm³/mol. The smallest absolute Gasteiger partial charge is 0.166 e. The summed E-state index contributed by atoms with van der Waals surface area (Å²) in [6.07, 6.45) is 9.55. The Bertz CT molecular complexity index is 1390. The average Bonchev–Trinajstić information content (AvgIpc) is 3.27. The first-order valence-electron chi connectivity index (χ1n) is 13.6. The summed E-state index contributed by atoms with van der Waals surface area (Å²) in [6.45, 7) is 3.16. The molecule has 6 nitrogen and oxygen atoms in total. The maximum atomic E-state index is 6.81. The zero-order valence-electron chi connectivity index (χ0n) is 21.8. The number of hydrogen-bond donors (Lipinski definition) is 0. The molecule has 0 bridgehead atoms. The Labute approximate surface area is 227 Å². The number of methoxy groups -OCH3 is 1. The zero-order chi connectivity index (χ0) is 25.3. The Kier molecular flexibility index (Phi) is 5.85. The quantitative estimate of drug-likeness (QED) is 0.418. The molecule has 194 valence electrons. The summed E-state index contributed by atoms with van der Waals surface area (Å²) >= 11 is 8.72. The van der Waals surface area contributed by atoms with E-state index in [2.05, 4.69) is 45.8 Å². The van der Waals surface area contributed by atoms with E-state index in [9.17, 15) is 0 Å². The molecule has 37 heavy (non-hydrogen) atoms. The normalized spacial score (nSPS) is 25.5. The third-order valence-corrected chi connectivity index (χ3v) is 10.6. The van der Waals surface area contributed by atoms with Gasteiger partial charge in [0.25, 0.3) is 0 Å². The molecule has 1 aliphatic heterocycles. The van der Waals surface area contributed by atoms with Gasteiger partial charge in [0.1, 0.15) is 16.4 Å². The van der Waals surface area contributed by atoms with Crippen LogP contribution in [0.1, 0.15) is 71.7 Å². The lowest BCUT2D eigenvalue weighted by atomic mass is 9.90. The van der Waals surface area contributed by atoms with Crippen LogP contribution in [-0.2, 0) is 23.1 Å². The Morgan fingerprint density at radius 1 is 1.16 bits per heavy atom. The van der Waals surface area contributed by atoms with Crippen LogP contribution in [0.25, 0.3) is 5.00 Å². The average molecular weight is 536 g/mol. The third kappa shape index (κ3) is 3.84. The van der Waals surface area contributed by atoms with Gasteiger partial charge in [-0.15, -0.1) is 21.5 Å². The van der Waals surface area contributed by atoms with Crippen molar-refractivity contribution < 1.29 is 4.74 Å². The first-order chi connectivity index (χ1) is 18.0. The zero-order valence-corrected chi connectivity index (χ0v) is 23.4. The van der Waals surface area contributed by atoms with Gasteiger partial charge in [0.05, 0.1) is 11.8 Å². The van der Waals surface area contributed by atoms with E-state index in [1.807, 2.05) is 30.6 Å². The Hall–Kier alpha value is -2.06. The van der Waals surface area contributed by atoms with Crippen molar-refractivity contribution in [2.24, 2.45) is 10.9 Å². The van der Waals surface area contributed by atoms with Crippen LogP contribution in [0.5, 0.6) is 0 Å². The van der Waals surface area contributed by atoms with Crippen LogP contribution < -0.4 is 0 Å². The molecule has 2 aromatic heterocycles. The minimum Gasteiger partial charge on any atom is -0.380 e. The maximum absolute atomic E-state index is 6.81. The fraction of sp³-hybridized carbons (Fsp3) is 0.552. The van der Waals surface area contributed by atoms with Gasteiger partial charge >= 0.3 is 0 Å². The molecule has 0 unspecified atom stereocenters. The summed E-state index contributed by atoms with van der Waals surface area (Å²) in [6, 6.07) is 8.69. The van der Waals surface area contributed by atoms with Crippen molar-refractivity contribution >= 4 is 28.6 Å². The van der Waals surface area contributed by atoms with Crippen LogP contribution in [0.2, 0.25) is 5.02 Å². The highest BCUT2D eigenvalue weighted by Crippen LogP contribution is 2.54. The molecule has 3 atom stereocenters. The van der Waals surface area contributed by atoms with Gasteiger partial charge in [0.2, 0.25) is 0 Å². The molecule has 3 heterocycles. The molecule has 2 saturated carbocycles. The Balaban J connectivity index is 1.28. The van der Waals surface area contributed by atoms with Gasteiger partial charge in [0, 0.05) is 40.7 Å². The van der Waals surface area contributed by atoms with Crippen molar-refractivity contribution in [3.05, 3.63) is 62.5 Å². The lowest BCUT2D eigenvalue weighted by Crippen LogP contribution is -2.46. The van der Waals surface area contributed by atoms with Crippen molar-refractivity contribution in [1.29, 1.82) is 0 Å². The number of benzene rings is 1. The van der Waals surface area contributed by atoms with Crippen LogP contribution in [0, 0.1) is 12.8 Å². The molecule has 7 rings (SSSR count). The number of aryl methyl sites for hydroxylation is 1. The number of aliphatic imine (C=N–C) groups is 1. The van der Waals surface area contributed by atoms with Crippen molar-refractivity contribution in [3.63, 3.8) is 0 Å². The maximum Gasteiger partial charge on any atom is 0.166 e. The van der Waals surface area contributed by atoms with Crippen LogP contribution in [0.3, 0.4) is 0 Å². The number of rotatable bonds is 5. The SMILES string of the molecule is CO[C@@H]1CCCC[C@H]1N(C)C[C@@H]1Cc2sc3c(c2C1)C(c1ccccc1Cl)=NC1(CC1)c1nnc(C)n1-3. The van der Waals surface area contributed by atoms with E-state index < -0.39 is 0 Å². The highest BCUT2D eigenvalue weighted by molar-refractivity contribution is 7.15. The van der Waals surface area contributed by atoms with Gasteiger partial charge in [-0.25, -0.2) is 0 Å². The lowest BCUT2D eigenvalue weighted by Gasteiger charge is -2.38. The van der Waals surface area contributed by atoms with Crippen molar-refractivity contribution in [2.45, 2.75) is 76.0 Å². The summed E-state index contributed by atoms with van der Waals surface area (Å²) in [7, 11) is 4.18. The topological polar surface area (TPSA) is 55.5 Å². The fourth-order valence-electron chi connectivity index (χ4n) is 6.96. The van der Waals surface area contributed by atoms with E-state index in [1.165, 1.54) is 46.7 Å². The Morgan fingerprint density at radius 3 is 2.76 bits per heavy atom. The molecular formula is C29H34ClN5OS. The van der Waals surface area contributed by atoms with E-state index in [-0.39, 0.29) is 5.54 Å². The van der Waals surface area contributed by atoms with Crippen LogP contribution in [0.15, 0.2) is 29.3 Å². The summed E-state index contributed by atoms with van der Waals surface area (Å²) in [4.78, 5) is 9.53. The molecule has 0 N–H and O–H groups in total. The van der Waals surface area contributed by atoms with Crippen molar-refractivity contribution in [1.82, 2.24) is 19.7 Å². The molecular weight excluding hydrogens is 502 g/mol. The number of nitrogens with zero attached hydrogens (tertiary/aromatic N) is 5. The van der Waals surface area contributed by atoms with Crippen molar-refractivity contribution in [2.75, 3.05) is 20.7 Å². The summed E-state index contributed by atoms with van der Waals surface area (Å²) in [5, 5.41) is 11.1. The lowest BCUT2D eigenvalue weighted by molar-refractivity contribution is -0.00596. The van der Waals surface area contributed by atoms with Crippen LogP contribution in [0.4, 0.5) is 0 Å². The number of halogens is 1. The van der Waals surface area contributed by atoms with Gasteiger partial charge < -0.3 is 9.64 Å². The largest absolute Gasteiger partial charge is 0.380 e. The second-order valence-electron chi connectivity index (χ2n) is 11.4. The summed E-state index contributed by atoms with van der Waals surface area (Å²) < 4.78 is 8.18. The number of likely N-dealkylation sites (N-methyl/N-ethyl adjacent to an activating group) is 1. The fourth-order valence-corrected chi connectivity index (χ4v) is 8.68. The first kappa shape index (κ1) is 24.0.